The Hall–Kier alpha value is -1.41. The van der Waals surface area contributed by atoms with Crippen molar-refractivity contribution in [1.29, 1.82) is 5.26 Å². The molecule has 0 saturated heterocycles. The molecular formula is C11H15N3OS. The molecule has 1 rings (SSSR count). The quantitative estimate of drug-likeness (QED) is 0.803. The predicted molar refractivity (Wildman–Crippen MR) is 62.5 cm³/mol. The second kappa shape index (κ2) is 5.61. The first-order valence-corrected chi connectivity index (χ1v) is 6.02. The summed E-state index contributed by atoms with van der Waals surface area (Å²) in [6, 6.07) is 2.05. The normalized spacial score (nSPS) is 12.2. The van der Waals surface area contributed by atoms with Crippen molar-refractivity contribution >= 4 is 17.2 Å². The fourth-order valence-electron chi connectivity index (χ4n) is 1.36. The summed E-state index contributed by atoms with van der Waals surface area (Å²) in [6.07, 6.45) is 0. The van der Waals surface area contributed by atoms with Crippen LogP contribution >= 0.6 is 11.3 Å². The van der Waals surface area contributed by atoms with Gasteiger partial charge in [0.1, 0.15) is 5.92 Å². The van der Waals surface area contributed by atoms with Crippen molar-refractivity contribution in [2.24, 2.45) is 11.8 Å². The molecular weight excluding hydrogens is 222 g/mol. The summed E-state index contributed by atoms with van der Waals surface area (Å²) in [5, 5.41) is 10.8. The third-order valence-corrected chi connectivity index (χ3v) is 2.97. The molecule has 1 amide bonds. The number of hydrogen-bond donors (Lipinski definition) is 0. The number of carbonyl (C=O) groups excluding carboxylic acids is 1. The first-order valence-electron chi connectivity index (χ1n) is 5.08. The van der Waals surface area contributed by atoms with E-state index < -0.39 is 5.92 Å². The van der Waals surface area contributed by atoms with Crippen molar-refractivity contribution in [1.82, 2.24) is 9.88 Å². The van der Waals surface area contributed by atoms with Crippen LogP contribution in [0.5, 0.6) is 0 Å². The van der Waals surface area contributed by atoms with Crippen molar-refractivity contribution in [2.45, 2.75) is 20.4 Å². The van der Waals surface area contributed by atoms with E-state index in [-0.39, 0.29) is 11.8 Å². The SMILES string of the molecule is CC(C)C(C#N)C(=O)N(C)Cc1cscn1. The van der Waals surface area contributed by atoms with Gasteiger partial charge in [-0.2, -0.15) is 5.26 Å². The van der Waals surface area contributed by atoms with E-state index in [0.29, 0.717) is 6.54 Å². The lowest BCUT2D eigenvalue weighted by Crippen LogP contribution is -2.34. The second-order valence-electron chi connectivity index (χ2n) is 4.02. The molecule has 0 aliphatic heterocycles. The lowest BCUT2D eigenvalue weighted by molar-refractivity contribution is -0.134. The number of hydrogen-bond acceptors (Lipinski definition) is 4. The largest absolute Gasteiger partial charge is 0.339 e. The lowest BCUT2D eigenvalue weighted by atomic mass is 9.96. The Kier molecular flexibility index (Phi) is 4.44. The third kappa shape index (κ3) is 3.04. The van der Waals surface area contributed by atoms with Crippen LogP contribution in [0.4, 0.5) is 0 Å². The van der Waals surface area contributed by atoms with Crippen molar-refractivity contribution in [2.75, 3.05) is 7.05 Å². The van der Waals surface area contributed by atoms with Gasteiger partial charge in [-0.25, -0.2) is 4.98 Å². The Morgan fingerprint density at radius 3 is 2.81 bits per heavy atom. The first-order chi connectivity index (χ1) is 7.56. The zero-order valence-corrected chi connectivity index (χ0v) is 10.5. The van der Waals surface area contributed by atoms with Gasteiger partial charge in [0.15, 0.2) is 0 Å². The predicted octanol–water partition coefficient (Wildman–Crippen LogP) is 1.90. The van der Waals surface area contributed by atoms with Crippen molar-refractivity contribution < 1.29 is 4.79 Å². The van der Waals surface area contributed by atoms with Gasteiger partial charge in [0.05, 0.1) is 23.8 Å². The first kappa shape index (κ1) is 12.7. The molecule has 16 heavy (non-hydrogen) atoms. The highest BCUT2D eigenvalue weighted by Gasteiger charge is 2.25. The van der Waals surface area contributed by atoms with Gasteiger partial charge in [0.25, 0.3) is 0 Å². The number of amides is 1. The molecule has 0 spiro atoms. The Morgan fingerprint density at radius 2 is 2.38 bits per heavy atom. The van der Waals surface area contributed by atoms with Crippen LogP contribution in [-0.4, -0.2) is 22.8 Å². The molecule has 1 atom stereocenters. The standard InChI is InChI=1S/C11H15N3OS/c1-8(2)10(4-12)11(15)14(3)5-9-6-16-7-13-9/h6-8,10H,5H2,1-3H3. The summed E-state index contributed by atoms with van der Waals surface area (Å²) in [5.74, 6) is -0.662. The van der Waals surface area contributed by atoms with Crippen LogP contribution in [0.3, 0.4) is 0 Å². The summed E-state index contributed by atoms with van der Waals surface area (Å²) in [7, 11) is 1.70. The van der Waals surface area contributed by atoms with Gasteiger partial charge in [-0.1, -0.05) is 13.8 Å². The number of nitriles is 1. The fraction of sp³-hybridized carbons (Fsp3) is 0.545. The molecule has 1 aromatic heterocycles. The minimum absolute atomic E-state index is 0.0374. The Bertz CT molecular complexity index is 380. The van der Waals surface area contributed by atoms with Crippen molar-refractivity contribution in [3.63, 3.8) is 0 Å². The summed E-state index contributed by atoms with van der Waals surface area (Å²) < 4.78 is 0. The fourth-order valence-corrected chi connectivity index (χ4v) is 1.91. The van der Waals surface area contributed by atoms with Gasteiger partial charge < -0.3 is 4.90 Å². The molecule has 0 aliphatic carbocycles. The van der Waals surface area contributed by atoms with E-state index in [1.807, 2.05) is 19.2 Å². The summed E-state index contributed by atoms with van der Waals surface area (Å²) in [5.41, 5.74) is 2.60. The molecule has 0 N–H and O–H groups in total. The zero-order valence-electron chi connectivity index (χ0n) is 9.67. The number of nitrogens with zero attached hydrogens (tertiary/aromatic N) is 3. The van der Waals surface area contributed by atoms with Crippen LogP contribution < -0.4 is 0 Å². The number of thiazole rings is 1. The average Bonchev–Trinajstić information content (AvgIpc) is 2.70. The van der Waals surface area contributed by atoms with Gasteiger partial charge in [-0.3, -0.25) is 4.79 Å². The van der Waals surface area contributed by atoms with E-state index in [1.54, 1.807) is 17.5 Å². The van der Waals surface area contributed by atoms with Crippen LogP contribution in [0.2, 0.25) is 0 Å². The van der Waals surface area contributed by atoms with Gasteiger partial charge in [-0.05, 0) is 5.92 Å². The molecule has 0 aliphatic rings. The molecule has 0 radical (unpaired) electrons. The van der Waals surface area contributed by atoms with E-state index in [1.165, 1.54) is 11.3 Å². The van der Waals surface area contributed by atoms with Gasteiger partial charge >= 0.3 is 0 Å². The van der Waals surface area contributed by atoms with Crippen LogP contribution in [0.25, 0.3) is 0 Å². The molecule has 4 nitrogen and oxygen atoms in total. The third-order valence-electron chi connectivity index (χ3n) is 2.33. The number of rotatable bonds is 4. The van der Waals surface area contributed by atoms with E-state index in [4.69, 9.17) is 5.26 Å². The zero-order chi connectivity index (χ0) is 12.1. The monoisotopic (exact) mass is 237 g/mol. The smallest absolute Gasteiger partial charge is 0.240 e. The number of aromatic nitrogens is 1. The molecule has 86 valence electrons. The Balaban J connectivity index is 2.64. The maximum absolute atomic E-state index is 11.9. The Labute approximate surface area is 99.5 Å². The van der Waals surface area contributed by atoms with E-state index in [9.17, 15) is 4.79 Å². The van der Waals surface area contributed by atoms with Crippen LogP contribution in [0.15, 0.2) is 10.9 Å². The molecule has 0 saturated carbocycles. The van der Waals surface area contributed by atoms with Gasteiger partial charge in [0.2, 0.25) is 5.91 Å². The van der Waals surface area contributed by atoms with Crippen molar-refractivity contribution in [3.05, 3.63) is 16.6 Å². The molecule has 5 heteroatoms. The van der Waals surface area contributed by atoms with Gasteiger partial charge in [-0.15, -0.1) is 11.3 Å². The second-order valence-corrected chi connectivity index (χ2v) is 4.74. The minimum Gasteiger partial charge on any atom is -0.339 e. The summed E-state index contributed by atoms with van der Waals surface area (Å²) in [6.45, 7) is 4.22. The molecule has 1 heterocycles. The summed E-state index contributed by atoms with van der Waals surface area (Å²) in [4.78, 5) is 17.6. The molecule has 0 fully saturated rings. The average molecular weight is 237 g/mol. The lowest BCUT2D eigenvalue weighted by Gasteiger charge is -2.21. The Morgan fingerprint density at radius 1 is 1.69 bits per heavy atom. The minimum atomic E-state index is -0.566. The van der Waals surface area contributed by atoms with Crippen LogP contribution in [-0.2, 0) is 11.3 Å². The van der Waals surface area contributed by atoms with Gasteiger partial charge in [0, 0.05) is 12.4 Å². The van der Waals surface area contributed by atoms with Crippen molar-refractivity contribution in [3.8, 4) is 6.07 Å². The van der Waals surface area contributed by atoms with E-state index >= 15 is 0 Å². The highest BCUT2D eigenvalue weighted by atomic mass is 32.1. The summed E-state index contributed by atoms with van der Waals surface area (Å²) >= 11 is 1.50. The van der Waals surface area contributed by atoms with Crippen LogP contribution in [0, 0.1) is 23.2 Å². The molecule has 0 aromatic carbocycles. The van der Waals surface area contributed by atoms with E-state index in [2.05, 4.69) is 11.1 Å². The molecule has 0 bridgehead atoms. The molecule has 1 aromatic rings. The number of carbonyl (C=O) groups is 1. The maximum atomic E-state index is 11.9. The highest BCUT2D eigenvalue weighted by molar-refractivity contribution is 7.07. The molecule has 1 unspecified atom stereocenters. The maximum Gasteiger partial charge on any atom is 0.240 e. The van der Waals surface area contributed by atoms with E-state index in [0.717, 1.165) is 5.69 Å². The van der Waals surface area contributed by atoms with Crippen LogP contribution in [0.1, 0.15) is 19.5 Å². The topological polar surface area (TPSA) is 57.0 Å². The highest BCUT2D eigenvalue weighted by Crippen LogP contribution is 2.14.